The van der Waals surface area contributed by atoms with Gasteiger partial charge in [0, 0.05) is 50.4 Å². The summed E-state index contributed by atoms with van der Waals surface area (Å²) in [5.74, 6) is -0.568. The summed E-state index contributed by atoms with van der Waals surface area (Å²) in [7, 11) is 1.27. The van der Waals surface area contributed by atoms with Crippen LogP contribution in [0.2, 0.25) is 0 Å². The van der Waals surface area contributed by atoms with E-state index in [-0.39, 0.29) is 35.8 Å². The van der Waals surface area contributed by atoms with Crippen LogP contribution in [0, 0.1) is 0 Å². The summed E-state index contributed by atoms with van der Waals surface area (Å²) in [5, 5.41) is 52.6. The van der Waals surface area contributed by atoms with E-state index in [4.69, 9.17) is 23.7 Å². The molecule has 0 aromatic heterocycles. The third kappa shape index (κ3) is 4.48. The zero-order chi connectivity index (χ0) is 28.1. The summed E-state index contributed by atoms with van der Waals surface area (Å²) < 4.78 is 27.4. The van der Waals surface area contributed by atoms with Crippen LogP contribution in [0.25, 0.3) is 0 Å². The van der Waals surface area contributed by atoms with Crippen molar-refractivity contribution in [3.05, 3.63) is 40.5 Å². The Kier molecular flexibility index (Phi) is 7.10. The topological polar surface area (TPSA) is 171 Å². The summed E-state index contributed by atoms with van der Waals surface area (Å²) in [4.78, 5) is 17.6. The summed E-state index contributed by atoms with van der Waals surface area (Å²) in [5.41, 5.74) is 1.20. The van der Waals surface area contributed by atoms with Gasteiger partial charge in [-0.05, 0) is 17.7 Å². The molecule has 2 fully saturated rings. The molecule has 0 bridgehead atoms. The van der Waals surface area contributed by atoms with Gasteiger partial charge in [0.2, 0.25) is 12.5 Å². The molecule has 6 rings (SSSR count). The van der Waals surface area contributed by atoms with Crippen LogP contribution in [0.3, 0.4) is 0 Å². The van der Waals surface area contributed by atoms with Crippen LogP contribution in [-0.2, 0) is 22.6 Å². The van der Waals surface area contributed by atoms with Gasteiger partial charge in [0.25, 0.3) is 0 Å². The Bertz CT molecular complexity index is 1300. The van der Waals surface area contributed by atoms with E-state index >= 15 is 0 Å². The van der Waals surface area contributed by atoms with Crippen LogP contribution >= 0.6 is 0 Å². The van der Waals surface area contributed by atoms with Crippen molar-refractivity contribution >= 4 is 5.97 Å². The molecule has 216 valence electrons. The van der Waals surface area contributed by atoms with Gasteiger partial charge in [0.15, 0.2) is 29.1 Å². The first-order valence-electron chi connectivity index (χ1n) is 13.1. The Morgan fingerprint density at radius 3 is 2.38 bits per heavy atom. The highest BCUT2D eigenvalue weighted by atomic mass is 16.7. The standard InChI is InChI=1S/C27H32N2O11/c1-36-25-20(31)14(10-29-6-4-28(5-7-29)9-13-2-3-15-16(8-13)38-12-37-15)18-19(22(25)33)24-26(40-27(18)35)23(34)21(32)17(11-30)39-24/h2-3,8,17,21,23-24,26,30-34H,4-7,9-12H2,1H3/t17-,21-,23+,24-,26-/m1/s1. The molecule has 2 saturated heterocycles. The first-order valence-corrected chi connectivity index (χ1v) is 13.1. The predicted molar refractivity (Wildman–Crippen MR) is 135 cm³/mol. The molecule has 0 saturated carbocycles. The lowest BCUT2D eigenvalue weighted by Gasteiger charge is -2.45. The van der Waals surface area contributed by atoms with Gasteiger partial charge >= 0.3 is 5.97 Å². The van der Waals surface area contributed by atoms with Crippen LogP contribution in [0.4, 0.5) is 0 Å². The molecule has 2 aromatic carbocycles. The number of methoxy groups -OCH3 is 1. The largest absolute Gasteiger partial charge is 0.504 e. The Morgan fingerprint density at radius 1 is 0.975 bits per heavy atom. The minimum Gasteiger partial charge on any atom is -0.504 e. The molecule has 0 aliphatic carbocycles. The van der Waals surface area contributed by atoms with Gasteiger partial charge < -0.3 is 49.2 Å². The van der Waals surface area contributed by atoms with E-state index in [9.17, 15) is 30.3 Å². The number of carbonyl (C=O) groups excluding carboxylic acids is 1. The van der Waals surface area contributed by atoms with E-state index in [1.54, 1.807) is 0 Å². The van der Waals surface area contributed by atoms with Crippen LogP contribution in [0.5, 0.6) is 28.7 Å². The molecular formula is C27H32N2O11. The SMILES string of the molecule is COc1c(O)c(CN2CCN(Cc3ccc4c(c3)OCO4)CC2)c2c(c1O)[C@H]1O[C@H](CO)[C@@H](O)[C@H](O)[C@H]1OC2=O. The van der Waals surface area contributed by atoms with Crippen LogP contribution in [0.1, 0.15) is 33.2 Å². The molecule has 40 heavy (non-hydrogen) atoms. The van der Waals surface area contributed by atoms with E-state index in [0.29, 0.717) is 13.1 Å². The highest BCUT2D eigenvalue weighted by Gasteiger charge is 2.53. The summed E-state index contributed by atoms with van der Waals surface area (Å²) in [6.45, 7) is 3.23. The first-order chi connectivity index (χ1) is 19.3. The number of aromatic hydroxyl groups is 2. The second-order valence-electron chi connectivity index (χ2n) is 10.4. The second kappa shape index (κ2) is 10.6. The zero-order valence-corrected chi connectivity index (χ0v) is 21.9. The number of phenols is 2. The quantitative estimate of drug-likeness (QED) is 0.296. The normalized spacial score (nSPS) is 28.1. The third-order valence-corrected chi connectivity index (χ3v) is 8.04. The number of phenolic OH excluding ortho intramolecular Hbond substituents is 2. The number of ether oxygens (including phenoxy) is 5. The van der Waals surface area contributed by atoms with Crippen molar-refractivity contribution in [1.82, 2.24) is 9.80 Å². The molecule has 5 N–H and O–H groups in total. The van der Waals surface area contributed by atoms with E-state index in [1.165, 1.54) is 7.11 Å². The zero-order valence-electron chi connectivity index (χ0n) is 21.9. The van der Waals surface area contributed by atoms with Crippen molar-refractivity contribution in [2.75, 3.05) is 46.7 Å². The molecule has 13 nitrogen and oxygen atoms in total. The van der Waals surface area contributed by atoms with Crippen molar-refractivity contribution in [2.45, 2.75) is 43.6 Å². The molecular weight excluding hydrogens is 528 g/mol. The summed E-state index contributed by atoms with van der Waals surface area (Å²) >= 11 is 0. The third-order valence-electron chi connectivity index (χ3n) is 8.04. The number of piperazine rings is 1. The number of esters is 1. The van der Waals surface area contributed by atoms with Crippen molar-refractivity contribution in [3.8, 4) is 28.7 Å². The molecule has 0 amide bonds. The molecule has 4 aliphatic heterocycles. The Morgan fingerprint density at radius 2 is 1.68 bits per heavy atom. The monoisotopic (exact) mass is 560 g/mol. The lowest BCUT2D eigenvalue weighted by molar-refractivity contribution is -0.235. The van der Waals surface area contributed by atoms with Crippen LogP contribution < -0.4 is 14.2 Å². The fourth-order valence-corrected chi connectivity index (χ4v) is 5.89. The summed E-state index contributed by atoms with van der Waals surface area (Å²) in [6, 6.07) is 5.89. The number of benzene rings is 2. The number of hydrogen-bond donors (Lipinski definition) is 5. The smallest absolute Gasteiger partial charge is 0.339 e. The maximum absolute atomic E-state index is 13.2. The highest BCUT2D eigenvalue weighted by molar-refractivity contribution is 5.97. The highest BCUT2D eigenvalue weighted by Crippen LogP contribution is 2.52. The molecule has 5 atom stereocenters. The van der Waals surface area contributed by atoms with Crippen LogP contribution in [0.15, 0.2) is 18.2 Å². The van der Waals surface area contributed by atoms with Gasteiger partial charge in [-0.15, -0.1) is 0 Å². The minimum atomic E-state index is -1.56. The number of aliphatic hydroxyl groups excluding tert-OH is 3. The fourth-order valence-electron chi connectivity index (χ4n) is 5.89. The first kappa shape index (κ1) is 26.9. The van der Waals surface area contributed by atoms with Crippen LogP contribution in [-0.4, -0.2) is 112 Å². The summed E-state index contributed by atoms with van der Waals surface area (Å²) in [6.07, 6.45) is -6.77. The van der Waals surface area contributed by atoms with E-state index in [1.807, 2.05) is 18.2 Å². The lowest BCUT2D eigenvalue weighted by Crippen LogP contribution is -2.58. The molecule has 0 unspecified atom stereocenters. The maximum Gasteiger partial charge on any atom is 0.339 e. The van der Waals surface area contributed by atoms with E-state index < -0.39 is 54.6 Å². The number of hydrogen-bond acceptors (Lipinski definition) is 13. The molecule has 13 heteroatoms. The Labute approximate surface area is 229 Å². The van der Waals surface area contributed by atoms with E-state index in [2.05, 4.69) is 9.80 Å². The number of fused-ring (bicyclic) bond motifs is 4. The minimum absolute atomic E-state index is 0.0169. The van der Waals surface area contributed by atoms with Crippen molar-refractivity contribution in [1.29, 1.82) is 0 Å². The number of rotatable bonds is 6. The van der Waals surface area contributed by atoms with Gasteiger partial charge in [-0.3, -0.25) is 9.80 Å². The molecule has 4 heterocycles. The van der Waals surface area contributed by atoms with Gasteiger partial charge in [0.05, 0.1) is 19.3 Å². The van der Waals surface area contributed by atoms with Gasteiger partial charge in [-0.2, -0.15) is 0 Å². The molecule has 4 aliphatic rings. The van der Waals surface area contributed by atoms with Gasteiger partial charge in [-0.1, -0.05) is 6.07 Å². The van der Waals surface area contributed by atoms with Crippen molar-refractivity contribution in [2.24, 2.45) is 0 Å². The van der Waals surface area contributed by atoms with Gasteiger partial charge in [0.1, 0.15) is 24.4 Å². The number of nitrogens with zero attached hydrogens (tertiary/aromatic N) is 2. The Balaban J connectivity index is 1.23. The fraction of sp³-hybridized carbons (Fsp3) is 0.519. The van der Waals surface area contributed by atoms with Crippen molar-refractivity contribution in [3.63, 3.8) is 0 Å². The molecule has 0 spiro atoms. The number of carbonyl (C=O) groups is 1. The van der Waals surface area contributed by atoms with Gasteiger partial charge in [-0.25, -0.2) is 4.79 Å². The predicted octanol–water partition coefficient (Wildman–Crippen LogP) is -0.154. The Hall–Kier alpha value is -3.33. The number of aliphatic hydroxyl groups is 3. The molecule has 2 aromatic rings. The molecule has 0 radical (unpaired) electrons. The lowest BCUT2D eigenvalue weighted by atomic mass is 9.84. The van der Waals surface area contributed by atoms with Crippen molar-refractivity contribution < 1.29 is 54.0 Å². The second-order valence-corrected chi connectivity index (χ2v) is 10.4. The average Bonchev–Trinajstić information content (AvgIpc) is 3.42. The maximum atomic E-state index is 13.2. The average molecular weight is 561 g/mol. The van der Waals surface area contributed by atoms with E-state index in [0.717, 1.165) is 36.7 Å².